The second kappa shape index (κ2) is 4.45. The van der Waals surface area contributed by atoms with Gasteiger partial charge in [0.25, 0.3) is 0 Å². The highest BCUT2D eigenvalue weighted by molar-refractivity contribution is 7.78. The monoisotopic (exact) mass is 223 g/mol. The topological polar surface area (TPSA) is 40.1 Å². The second-order valence-corrected chi connectivity index (χ2v) is 4.96. The van der Waals surface area contributed by atoms with Gasteiger partial charge in [-0.05, 0) is 41.9 Å². The molecular formula is C12H15O2S-. The van der Waals surface area contributed by atoms with Crippen molar-refractivity contribution in [3.05, 3.63) is 34.9 Å². The SMILES string of the molecule is CCc1cccc(C2CC2)c1CS(=O)[O-]. The Labute approximate surface area is 93.0 Å². The van der Waals surface area contributed by atoms with E-state index in [9.17, 15) is 8.76 Å². The van der Waals surface area contributed by atoms with E-state index < -0.39 is 11.1 Å². The molecule has 2 nitrogen and oxygen atoms in total. The number of aryl methyl sites for hydroxylation is 1. The molecule has 1 saturated carbocycles. The first-order chi connectivity index (χ1) is 7.22. The van der Waals surface area contributed by atoms with Crippen LogP contribution in [0.3, 0.4) is 0 Å². The Morgan fingerprint density at radius 3 is 2.73 bits per heavy atom. The van der Waals surface area contributed by atoms with Crippen LogP contribution in [0, 0.1) is 0 Å². The van der Waals surface area contributed by atoms with Crippen molar-refractivity contribution in [1.29, 1.82) is 0 Å². The fraction of sp³-hybridized carbons (Fsp3) is 0.500. The van der Waals surface area contributed by atoms with Crippen LogP contribution in [0.2, 0.25) is 0 Å². The largest absolute Gasteiger partial charge is 0.772 e. The molecule has 15 heavy (non-hydrogen) atoms. The smallest absolute Gasteiger partial charge is 0.0358 e. The van der Waals surface area contributed by atoms with Crippen molar-refractivity contribution < 1.29 is 8.76 Å². The summed E-state index contributed by atoms with van der Waals surface area (Å²) in [5, 5.41) is 0. The van der Waals surface area contributed by atoms with E-state index in [4.69, 9.17) is 0 Å². The third-order valence-corrected chi connectivity index (χ3v) is 3.49. The lowest BCUT2D eigenvalue weighted by Crippen LogP contribution is -2.02. The summed E-state index contributed by atoms with van der Waals surface area (Å²) in [7, 11) is 0. The lowest BCUT2D eigenvalue weighted by atomic mass is 9.97. The van der Waals surface area contributed by atoms with E-state index >= 15 is 0 Å². The zero-order valence-corrected chi connectivity index (χ0v) is 9.68. The molecule has 0 amide bonds. The molecule has 82 valence electrons. The van der Waals surface area contributed by atoms with Gasteiger partial charge in [0.2, 0.25) is 0 Å². The Balaban J connectivity index is 2.39. The van der Waals surface area contributed by atoms with Gasteiger partial charge < -0.3 is 4.55 Å². The molecule has 3 heteroatoms. The van der Waals surface area contributed by atoms with Gasteiger partial charge in [0, 0.05) is 5.75 Å². The Bertz CT molecular complexity index is 383. The summed E-state index contributed by atoms with van der Waals surface area (Å²) in [6, 6.07) is 6.16. The number of benzene rings is 1. The molecular weight excluding hydrogens is 208 g/mol. The predicted molar refractivity (Wildman–Crippen MR) is 60.4 cm³/mol. The van der Waals surface area contributed by atoms with Gasteiger partial charge in [-0.15, -0.1) is 0 Å². The molecule has 1 aliphatic rings. The molecule has 0 radical (unpaired) electrons. The van der Waals surface area contributed by atoms with Crippen molar-refractivity contribution in [3.63, 3.8) is 0 Å². The molecule has 2 rings (SSSR count). The minimum absolute atomic E-state index is 0.176. The fourth-order valence-electron chi connectivity index (χ4n) is 2.06. The molecule has 1 aliphatic carbocycles. The van der Waals surface area contributed by atoms with Crippen molar-refractivity contribution in [1.82, 2.24) is 0 Å². The summed E-state index contributed by atoms with van der Waals surface area (Å²) in [4.78, 5) is 0. The first-order valence-corrected chi connectivity index (χ1v) is 6.63. The van der Waals surface area contributed by atoms with Crippen LogP contribution < -0.4 is 0 Å². The van der Waals surface area contributed by atoms with Crippen LogP contribution in [0.1, 0.15) is 42.4 Å². The minimum atomic E-state index is -1.98. The molecule has 1 atom stereocenters. The predicted octanol–water partition coefficient (Wildman–Crippen LogP) is 2.51. The van der Waals surface area contributed by atoms with Crippen LogP contribution in [0.25, 0.3) is 0 Å². The summed E-state index contributed by atoms with van der Waals surface area (Å²) in [5.74, 6) is 0.797. The Morgan fingerprint density at radius 2 is 2.20 bits per heavy atom. The zero-order chi connectivity index (χ0) is 10.8. The van der Waals surface area contributed by atoms with Crippen LogP contribution >= 0.6 is 0 Å². The highest BCUT2D eigenvalue weighted by atomic mass is 32.2. The van der Waals surface area contributed by atoms with E-state index in [1.807, 2.05) is 12.1 Å². The molecule has 0 spiro atoms. The van der Waals surface area contributed by atoms with Crippen molar-refractivity contribution in [2.24, 2.45) is 0 Å². The van der Waals surface area contributed by atoms with Gasteiger partial charge in [-0.2, -0.15) is 0 Å². The molecule has 0 heterocycles. The molecule has 0 aromatic heterocycles. The van der Waals surface area contributed by atoms with Crippen molar-refractivity contribution in [3.8, 4) is 0 Å². The molecule has 1 aromatic rings. The lowest BCUT2D eigenvalue weighted by molar-refractivity contribution is 0.536. The molecule has 0 N–H and O–H groups in total. The van der Waals surface area contributed by atoms with Gasteiger partial charge in [0.15, 0.2) is 0 Å². The highest BCUT2D eigenvalue weighted by Gasteiger charge is 2.26. The van der Waals surface area contributed by atoms with Crippen LogP contribution in [-0.4, -0.2) is 8.76 Å². The maximum Gasteiger partial charge on any atom is 0.0358 e. The van der Waals surface area contributed by atoms with E-state index in [0.29, 0.717) is 5.92 Å². The average molecular weight is 223 g/mol. The molecule has 1 aromatic carbocycles. The number of hydrogen-bond acceptors (Lipinski definition) is 2. The third kappa shape index (κ3) is 2.47. The first-order valence-electron chi connectivity index (χ1n) is 5.39. The number of rotatable bonds is 4. The van der Waals surface area contributed by atoms with Crippen molar-refractivity contribution >= 4 is 11.1 Å². The van der Waals surface area contributed by atoms with Crippen LogP contribution in [0.15, 0.2) is 18.2 Å². The molecule has 1 unspecified atom stereocenters. The first kappa shape index (κ1) is 10.8. The molecule has 0 saturated heterocycles. The van der Waals surface area contributed by atoms with E-state index in [1.54, 1.807) is 0 Å². The van der Waals surface area contributed by atoms with Crippen LogP contribution in [-0.2, 0) is 23.3 Å². The van der Waals surface area contributed by atoms with Gasteiger partial charge in [-0.3, -0.25) is 4.21 Å². The molecule has 0 aliphatic heterocycles. The molecule has 0 bridgehead atoms. The number of hydrogen-bond donors (Lipinski definition) is 0. The average Bonchev–Trinajstić information content (AvgIpc) is 3.01. The van der Waals surface area contributed by atoms with Gasteiger partial charge in [0.05, 0.1) is 0 Å². The van der Waals surface area contributed by atoms with Gasteiger partial charge in [0.1, 0.15) is 0 Å². The lowest BCUT2D eigenvalue weighted by Gasteiger charge is -2.15. The quantitative estimate of drug-likeness (QED) is 0.736. The summed E-state index contributed by atoms with van der Waals surface area (Å²) < 4.78 is 21.7. The Morgan fingerprint density at radius 1 is 1.47 bits per heavy atom. The highest BCUT2D eigenvalue weighted by Crippen LogP contribution is 2.42. The fourth-order valence-corrected chi connectivity index (χ4v) is 2.64. The van der Waals surface area contributed by atoms with Crippen molar-refractivity contribution in [2.45, 2.75) is 37.9 Å². The maximum atomic E-state index is 10.8. The van der Waals surface area contributed by atoms with E-state index in [2.05, 4.69) is 13.0 Å². The normalized spacial score (nSPS) is 17.7. The van der Waals surface area contributed by atoms with Gasteiger partial charge in [-0.1, -0.05) is 36.2 Å². The second-order valence-electron chi connectivity index (χ2n) is 4.06. The van der Waals surface area contributed by atoms with Crippen LogP contribution in [0.4, 0.5) is 0 Å². The Hall–Kier alpha value is -0.670. The maximum absolute atomic E-state index is 10.8. The zero-order valence-electron chi connectivity index (χ0n) is 8.86. The Kier molecular flexibility index (Phi) is 3.22. The van der Waals surface area contributed by atoms with Gasteiger partial charge >= 0.3 is 0 Å². The van der Waals surface area contributed by atoms with E-state index in [0.717, 1.165) is 12.0 Å². The standard InChI is InChI=1S/C12H16O2S/c1-2-9-4-3-5-11(10-6-7-10)12(9)8-15(13)14/h3-5,10H,2,6-8H2,1H3,(H,13,14)/p-1. The van der Waals surface area contributed by atoms with Gasteiger partial charge in [-0.25, -0.2) is 0 Å². The summed E-state index contributed by atoms with van der Waals surface area (Å²) >= 11 is -1.98. The summed E-state index contributed by atoms with van der Waals surface area (Å²) in [6.45, 7) is 2.07. The minimum Gasteiger partial charge on any atom is -0.772 e. The summed E-state index contributed by atoms with van der Waals surface area (Å²) in [6.07, 6.45) is 3.34. The van der Waals surface area contributed by atoms with E-state index in [1.165, 1.54) is 24.0 Å². The van der Waals surface area contributed by atoms with E-state index in [-0.39, 0.29) is 5.75 Å². The third-order valence-electron chi connectivity index (χ3n) is 2.97. The van der Waals surface area contributed by atoms with Crippen molar-refractivity contribution in [2.75, 3.05) is 0 Å². The molecule has 1 fully saturated rings. The summed E-state index contributed by atoms with van der Waals surface area (Å²) in [5.41, 5.74) is 3.50. The van der Waals surface area contributed by atoms with Crippen LogP contribution in [0.5, 0.6) is 0 Å².